The Morgan fingerprint density at radius 3 is 2.16 bits per heavy atom. The van der Waals surface area contributed by atoms with Gasteiger partial charge >= 0.3 is 0 Å². The standard InChI is InChI=1S/C31H35Cl2N3O6S/c1-21(31(38)34-22-10-7-8-11-22)35(19-25-26(32)14-9-15-27(25)33)30(37)20-36(23-12-5-4-6-13-23)43(39,40)24-16-17-28(41-2)29(18-24)42-3/h4-6,9,12-18,21-22H,7-8,10-11,19-20H2,1-3H3,(H,34,38). The molecular formula is C31H35Cl2N3O6S. The molecule has 0 heterocycles. The van der Waals surface area contributed by atoms with Crippen molar-refractivity contribution in [3.8, 4) is 11.5 Å². The van der Waals surface area contributed by atoms with Crippen LogP contribution < -0.4 is 19.1 Å². The first kappa shape index (κ1) is 32.4. The average molecular weight is 649 g/mol. The Morgan fingerprint density at radius 1 is 0.930 bits per heavy atom. The number of hydrogen-bond donors (Lipinski definition) is 1. The SMILES string of the molecule is COc1ccc(S(=O)(=O)N(CC(=O)N(Cc2c(Cl)cccc2Cl)C(C)C(=O)NC2CCCC2)c2ccccc2)cc1OC. The number of halogens is 2. The predicted molar refractivity (Wildman–Crippen MR) is 167 cm³/mol. The molecule has 2 amide bonds. The summed E-state index contributed by atoms with van der Waals surface area (Å²) in [6, 6.07) is 16.6. The quantitative estimate of drug-likeness (QED) is 0.271. The van der Waals surface area contributed by atoms with E-state index in [4.69, 9.17) is 32.7 Å². The lowest BCUT2D eigenvalue weighted by Gasteiger charge is -2.33. The molecule has 43 heavy (non-hydrogen) atoms. The summed E-state index contributed by atoms with van der Waals surface area (Å²) < 4.78 is 39.8. The Morgan fingerprint density at radius 2 is 1.56 bits per heavy atom. The molecule has 1 atom stereocenters. The Balaban J connectivity index is 1.72. The highest BCUT2D eigenvalue weighted by atomic mass is 35.5. The van der Waals surface area contributed by atoms with Gasteiger partial charge in [0.25, 0.3) is 10.0 Å². The zero-order chi connectivity index (χ0) is 31.1. The number of para-hydroxylation sites is 1. The van der Waals surface area contributed by atoms with Crippen LogP contribution in [0.15, 0.2) is 71.6 Å². The molecule has 0 bridgehead atoms. The van der Waals surface area contributed by atoms with E-state index in [1.165, 1.54) is 37.3 Å². The maximum absolute atomic E-state index is 14.1. The molecule has 3 aromatic rings. The summed E-state index contributed by atoms with van der Waals surface area (Å²) in [5, 5.41) is 3.69. The second-order valence-corrected chi connectivity index (χ2v) is 12.9. The molecule has 1 aliphatic rings. The van der Waals surface area contributed by atoms with Crippen molar-refractivity contribution >= 4 is 50.7 Å². The maximum Gasteiger partial charge on any atom is 0.264 e. The van der Waals surface area contributed by atoms with Gasteiger partial charge in [0.05, 0.1) is 24.8 Å². The molecule has 0 aliphatic heterocycles. The lowest BCUT2D eigenvalue weighted by molar-refractivity contribution is -0.139. The Labute approximate surface area is 262 Å². The fourth-order valence-corrected chi connectivity index (χ4v) is 7.00. The number of nitrogens with one attached hydrogen (secondary N) is 1. The molecule has 230 valence electrons. The van der Waals surface area contributed by atoms with Gasteiger partial charge in [-0.25, -0.2) is 8.42 Å². The average Bonchev–Trinajstić information content (AvgIpc) is 3.52. The van der Waals surface area contributed by atoms with Crippen LogP contribution in [0, 0.1) is 0 Å². The zero-order valence-corrected chi connectivity index (χ0v) is 26.6. The molecule has 12 heteroatoms. The molecule has 1 unspecified atom stereocenters. The van der Waals surface area contributed by atoms with E-state index in [1.54, 1.807) is 55.5 Å². The van der Waals surface area contributed by atoms with Crippen LogP contribution in [0.25, 0.3) is 0 Å². The van der Waals surface area contributed by atoms with E-state index in [1.807, 2.05) is 0 Å². The van der Waals surface area contributed by atoms with Crippen molar-refractivity contribution in [1.82, 2.24) is 10.2 Å². The van der Waals surface area contributed by atoms with Crippen molar-refractivity contribution in [2.75, 3.05) is 25.1 Å². The van der Waals surface area contributed by atoms with Crippen LogP contribution in [0.3, 0.4) is 0 Å². The fourth-order valence-electron chi connectivity index (χ4n) is 5.06. The van der Waals surface area contributed by atoms with E-state index < -0.39 is 28.5 Å². The Kier molecular flexibility index (Phi) is 10.8. The van der Waals surface area contributed by atoms with Gasteiger partial charge in [0.1, 0.15) is 12.6 Å². The highest BCUT2D eigenvalue weighted by molar-refractivity contribution is 7.92. The first-order valence-corrected chi connectivity index (χ1v) is 16.1. The van der Waals surface area contributed by atoms with E-state index in [2.05, 4.69) is 5.32 Å². The van der Waals surface area contributed by atoms with Gasteiger partial charge in [-0.05, 0) is 56.2 Å². The third-order valence-corrected chi connectivity index (χ3v) is 10.0. The van der Waals surface area contributed by atoms with Gasteiger partial charge in [-0.3, -0.25) is 13.9 Å². The minimum absolute atomic E-state index is 0.0297. The van der Waals surface area contributed by atoms with Gasteiger partial charge in [-0.1, -0.05) is 60.3 Å². The van der Waals surface area contributed by atoms with Crippen molar-refractivity contribution in [2.24, 2.45) is 0 Å². The molecular weight excluding hydrogens is 613 g/mol. The fraction of sp³-hybridized carbons (Fsp3) is 0.355. The van der Waals surface area contributed by atoms with E-state index in [9.17, 15) is 18.0 Å². The monoisotopic (exact) mass is 647 g/mol. The summed E-state index contributed by atoms with van der Waals surface area (Å²) in [6.45, 7) is 0.919. The zero-order valence-electron chi connectivity index (χ0n) is 24.3. The Bertz CT molecular complexity index is 1530. The van der Waals surface area contributed by atoms with Crippen LogP contribution in [-0.2, 0) is 26.2 Å². The van der Waals surface area contributed by atoms with Crippen molar-refractivity contribution in [2.45, 2.75) is 56.1 Å². The van der Waals surface area contributed by atoms with E-state index in [-0.39, 0.29) is 34.8 Å². The molecule has 0 radical (unpaired) electrons. The summed E-state index contributed by atoms with van der Waals surface area (Å²) in [4.78, 5) is 28.7. The second-order valence-electron chi connectivity index (χ2n) is 10.3. The lowest BCUT2D eigenvalue weighted by Crippen LogP contribution is -2.52. The first-order chi connectivity index (χ1) is 20.6. The number of carbonyl (C=O) groups is 2. The number of benzene rings is 3. The summed E-state index contributed by atoms with van der Waals surface area (Å²) in [5.41, 5.74) is 0.720. The van der Waals surface area contributed by atoms with E-state index >= 15 is 0 Å². The van der Waals surface area contributed by atoms with Crippen molar-refractivity contribution < 1.29 is 27.5 Å². The highest BCUT2D eigenvalue weighted by Gasteiger charge is 2.34. The van der Waals surface area contributed by atoms with Gasteiger partial charge in [0.15, 0.2) is 11.5 Å². The smallest absolute Gasteiger partial charge is 0.264 e. The number of hydrogen-bond acceptors (Lipinski definition) is 6. The number of sulfonamides is 1. The minimum Gasteiger partial charge on any atom is -0.493 e. The van der Waals surface area contributed by atoms with Crippen LogP contribution in [0.4, 0.5) is 5.69 Å². The number of methoxy groups -OCH3 is 2. The molecule has 0 aromatic heterocycles. The summed E-state index contributed by atoms with van der Waals surface area (Å²) in [6.07, 6.45) is 3.79. The molecule has 1 N–H and O–H groups in total. The second kappa shape index (κ2) is 14.3. The molecule has 0 saturated heterocycles. The molecule has 9 nitrogen and oxygen atoms in total. The number of amides is 2. The number of anilines is 1. The topological polar surface area (TPSA) is 105 Å². The lowest BCUT2D eigenvalue weighted by atomic mass is 10.1. The van der Waals surface area contributed by atoms with Crippen molar-refractivity contribution in [3.63, 3.8) is 0 Å². The van der Waals surface area contributed by atoms with Crippen LogP contribution in [0.1, 0.15) is 38.2 Å². The molecule has 1 saturated carbocycles. The molecule has 3 aromatic carbocycles. The normalized spacial score (nSPS) is 14.2. The Hall–Kier alpha value is -3.47. The van der Waals surface area contributed by atoms with E-state index in [0.717, 1.165) is 30.0 Å². The highest BCUT2D eigenvalue weighted by Crippen LogP contribution is 2.33. The minimum atomic E-state index is -4.30. The summed E-state index contributed by atoms with van der Waals surface area (Å²) in [5.74, 6) is -0.376. The van der Waals surface area contributed by atoms with E-state index in [0.29, 0.717) is 21.4 Å². The van der Waals surface area contributed by atoms with Crippen LogP contribution in [0.5, 0.6) is 11.5 Å². The number of ether oxygens (including phenoxy) is 2. The number of rotatable bonds is 12. The summed E-state index contributed by atoms with van der Waals surface area (Å²) >= 11 is 12.9. The van der Waals surface area contributed by atoms with Gasteiger partial charge in [0.2, 0.25) is 11.8 Å². The van der Waals surface area contributed by atoms with Crippen LogP contribution >= 0.6 is 23.2 Å². The third-order valence-electron chi connectivity index (χ3n) is 7.53. The van der Waals surface area contributed by atoms with Crippen LogP contribution in [0.2, 0.25) is 10.0 Å². The molecule has 1 aliphatic carbocycles. The molecule has 4 rings (SSSR count). The van der Waals surface area contributed by atoms with Gasteiger partial charge < -0.3 is 19.7 Å². The summed E-state index contributed by atoms with van der Waals surface area (Å²) in [7, 11) is -1.44. The largest absolute Gasteiger partial charge is 0.493 e. The van der Waals surface area contributed by atoms with Gasteiger partial charge in [0, 0.05) is 34.3 Å². The molecule has 0 spiro atoms. The predicted octanol–water partition coefficient (Wildman–Crippen LogP) is 5.68. The van der Waals surface area contributed by atoms with Crippen LogP contribution in [-0.4, -0.2) is 58.0 Å². The van der Waals surface area contributed by atoms with Gasteiger partial charge in [-0.2, -0.15) is 0 Å². The van der Waals surface area contributed by atoms with Gasteiger partial charge in [-0.15, -0.1) is 0 Å². The maximum atomic E-state index is 14.1. The first-order valence-electron chi connectivity index (χ1n) is 13.9. The molecule has 1 fully saturated rings. The third kappa shape index (κ3) is 7.55. The number of nitrogens with zero attached hydrogens (tertiary/aromatic N) is 2. The number of carbonyl (C=O) groups excluding carboxylic acids is 2. The van der Waals surface area contributed by atoms with Crippen molar-refractivity contribution in [3.05, 3.63) is 82.3 Å². The van der Waals surface area contributed by atoms with Crippen molar-refractivity contribution in [1.29, 1.82) is 0 Å².